The smallest absolute Gasteiger partial charge is 0.101 e. The molecule has 0 unspecified atom stereocenters. The molecule has 2 heterocycles. The molecule has 0 amide bonds. The van der Waals surface area contributed by atoms with E-state index in [4.69, 9.17) is 4.99 Å². The van der Waals surface area contributed by atoms with E-state index in [9.17, 15) is 5.11 Å². The van der Waals surface area contributed by atoms with Crippen molar-refractivity contribution in [2.75, 3.05) is 6.54 Å². The molecule has 0 radical (unpaired) electrons. The van der Waals surface area contributed by atoms with Crippen LogP contribution >= 0.6 is 0 Å². The van der Waals surface area contributed by atoms with Gasteiger partial charge in [0.25, 0.3) is 0 Å². The lowest BCUT2D eigenvalue weighted by molar-refractivity contribution is 0.188. The highest BCUT2D eigenvalue weighted by Crippen LogP contribution is 2.37. The molecule has 16 heavy (non-hydrogen) atoms. The first-order valence-corrected chi connectivity index (χ1v) is 6.00. The first-order chi connectivity index (χ1) is 7.30. The van der Waals surface area contributed by atoms with E-state index in [0.717, 1.165) is 12.3 Å². The van der Waals surface area contributed by atoms with Crippen LogP contribution in [0, 0.1) is 5.41 Å². The number of aliphatic imine (C=N–C) groups is 1. The van der Waals surface area contributed by atoms with Crippen LogP contribution in [-0.2, 0) is 0 Å². The molecule has 0 aromatic rings. The van der Waals surface area contributed by atoms with Crippen LogP contribution in [0.4, 0.5) is 0 Å². The van der Waals surface area contributed by atoms with E-state index in [-0.39, 0.29) is 17.6 Å². The fraction of sp³-hybridized carbons (Fsp3) is 0.769. The molecular formula is C13H22N2O. The van der Waals surface area contributed by atoms with Crippen molar-refractivity contribution >= 4 is 5.84 Å². The van der Waals surface area contributed by atoms with Gasteiger partial charge in [-0.2, -0.15) is 0 Å². The number of rotatable bonds is 0. The van der Waals surface area contributed by atoms with Crippen molar-refractivity contribution in [3.05, 3.63) is 11.3 Å². The molecule has 1 N–H and O–H groups in total. The van der Waals surface area contributed by atoms with Gasteiger partial charge in [-0.25, -0.2) is 0 Å². The predicted molar refractivity (Wildman–Crippen MR) is 66.4 cm³/mol. The number of aliphatic hydroxyl groups is 1. The molecule has 3 nitrogen and oxygen atoms in total. The summed E-state index contributed by atoms with van der Waals surface area (Å²) in [6.07, 6.45) is 0.555. The Morgan fingerprint density at radius 3 is 2.50 bits per heavy atom. The Bertz CT molecular complexity index is 363. The number of amidine groups is 1. The van der Waals surface area contributed by atoms with Crippen LogP contribution in [0.2, 0.25) is 0 Å². The fourth-order valence-electron chi connectivity index (χ4n) is 2.77. The zero-order chi connectivity index (χ0) is 12.1. The van der Waals surface area contributed by atoms with Gasteiger partial charge in [-0.05, 0) is 24.8 Å². The van der Waals surface area contributed by atoms with E-state index in [1.807, 2.05) is 6.92 Å². The van der Waals surface area contributed by atoms with Gasteiger partial charge in [-0.3, -0.25) is 4.99 Å². The first kappa shape index (κ1) is 11.6. The maximum atomic E-state index is 9.75. The molecular weight excluding hydrogens is 200 g/mol. The molecule has 2 aliphatic heterocycles. The first-order valence-electron chi connectivity index (χ1n) is 6.00. The molecule has 0 aliphatic carbocycles. The summed E-state index contributed by atoms with van der Waals surface area (Å²) in [6, 6.07) is 0.254. The van der Waals surface area contributed by atoms with Crippen molar-refractivity contribution in [1.82, 2.24) is 4.90 Å². The van der Waals surface area contributed by atoms with Crippen LogP contribution in [0.3, 0.4) is 0 Å². The number of nitrogens with zero attached hydrogens (tertiary/aromatic N) is 2. The second kappa shape index (κ2) is 3.59. The zero-order valence-corrected chi connectivity index (χ0v) is 10.9. The van der Waals surface area contributed by atoms with Crippen molar-refractivity contribution < 1.29 is 5.11 Å². The minimum Gasteiger partial charge on any atom is -0.391 e. The van der Waals surface area contributed by atoms with Gasteiger partial charge in [0.15, 0.2) is 0 Å². The van der Waals surface area contributed by atoms with Crippen LogP contribution in [0.1, 0.15) is 41.0 Å². The zero-order valence-electron chi connectivity index (χ0n) is 10.9. The van der Waals surface area contributed by atoms with Gasteiger partial charge in [0.1, 0.15) is 5.84 Å². The molecule has 1 fully saturated rings. The summed E-state index contributed by atoms with van der Waals surface area (Å²) < 4.78 is 0. The Hall–Kier alpha value is -0.830. The number of hydrogen-bond acceptors (Lipinski definition) is 3. The molecule has 0 aromatic heterocycles. The average Bonchev–Trinajstić information content (AvgIpc) is 2.52. The van der Waals surface area contributed by atoms with Crippen LogP contribution < -0.4 is 0 Å². The van der Waals surface area contributed by atoms with Crippen LogP contribution in [0.15, 0.2) is 16.3 Å². The van der Waals surface area contributed by atoms with Crippen LogP contribution in [0.25, 0.3) is 0 Å². The summed E-state index contributed by atoms with van der Waals surface area (Å²) in [5, 5.41) is 9.75. The van der Waals surface area contributed by atoms with E-state index in [1.165, 1.54) is 11.3 Å². The Morgan fingerprint density at radius 2 is 1.94 bits per heavy atom. The standard InChI is InChI=1S/C13H22N2O/c1-8-11-6-10(16)7-15(11)9(2)14-12(8)13(3,4)5/h10,12,16H,6-7H2,1-5H3/t10-,12-/m0/s1. The molecule has 0 spiro atoms. The third-order valence-electron chi connectivity index (χ3n) is 3.54. The lowest BCUT2D eigenvalue weighted by Crippen LogP contribution is -2.37. The summed E-state index contributed by atoms with van der Waals surface area (Å²) in [5.74, 6) is 1.05. The fourth-order valence-corrected chi connectivity index (χ4v) is 2.77. The normalized spacial score (nSPS) is 30.6. The molecule has 0 aromatic carbocycles. The monoisotopic (exact) mass is 222 g/mol. The van der Waals surface area contributed by atoms with Gasteiger partial charge in [-0.15, -0.1) is 0 Å². The number of hydrogen-bond donors (Lipinski definition) is 1. The van der Waals surface area contributed by atoms with Crippen molar-refractivity contribution in [2.24, 2.45) is 10.4 Å². The van der Waals surface area contributed by atoms with Gasteiger partial charge >= 0.3 is 0 Å². The number of fused-ring (bicyclic) bond motifs is 1. The summed E-state index contributed by atoms with van der Waals surface area (Å²) in [4.78, 5) is 6.95. The quantitative estimate of drug-likeness (QED) is 0.682. The second-order valence-electron chi connectivity index (χ2n) is 6.04. The summed E-state index contributed by atoms with van der Waals surface area (Å²) in [5.41, 5.74) is 2.77. The molecule has 3 heteroatoms. The van der Waals surface area contributed by atoms with Crippen molar-refractivity contribution in [3.63, 3.8) is 0 Å². The Morgan fingerprint density at radius 1 is 1.31 bits per heavy atom. The molecule has 90 valence electrons. The van der Waals surface area contributed by atoms with E-state index < -0.39 is 0 Å². The maximum Gasteiger partial charge on any atom is 0.101 e. The SMILES string of the molecule is CC1=N[C@H](C(C)(C)C)C(C)=C2C[C@H](O)CN12. The van der Waals surface area contributed by atoms with E-state index >= 15 is 0 Å². The number of aliphatic hydroxyl groups excluding tert-OH is 1. The topological polar surface area (TPSA) is 35.8 Å². The average molecular weight is 222 g/mol. The minimum absolute atomic E-state index is 0.151. The molecule has 0 bridgehead atoms. The Kier molecular flexibility index (Phi) is 2.61. The lowest BCUT2D eigenvalue weighted by Gasteiger charge is -2.36. The third-order valence-corrected chi connectivity index (χ3v) is 3.54. The van der Waals surface area contributed by atoms with Crippen LogP contribution in [-0.4, -0.2) is 34.5 Å². The predicted octanol–water partition coefficient (Wildman–Crippen LogP) is 2.17. The van der Waals surface area contributed by atoms with Gasteiger partial charge in [-0.1, -0.05) is 20.8 Å². The third kappa shape index (κ3) is 1.77. The van der Waals surface area contributed by atoms with Gasteiger partial charge in [0.05, 0.1) is 18.7 Å². The molecule has 2 atom stereocenters. The highest BCUT2D eigenvalue weighted by Gasteiger charge is 2.37. The van der Waals surface area contributed by atoms with Gasteiger partial charge < -0.3 is 10.0 Å². The van der Waals surface area contributed by atoms with Gasteiger partial charge in [0.2, 0.25) is 0 Å². The highest BCUT2D eigenvalue weighted by atomic mass is 16.3. The molecule has 1 saturated heterocycles. The highest BCUT2D eigenvalue weighted by molar-refractivity contribution is 5.83. The summed E-state index contributed by atoms with van der Waals surface area (Å²) in [6.45, 7) is 11.6. The lowest BCUT2D eigenvalue weighted by atomic mass is 9.81. The summed E-state index contributed by atoms with van der Waals surface area (Å²) >= 11 is 0. The van der Waals surface area contributed by atoms with E-state index in [0.29, 0.717) is 6.54 Å². The van der Waals surface area contributed by atoms with Crippen LogP contribution in [0.5, 0.6) is 0 Å². The largest absolute Gasteiger partial charge is 0.391 e. The van der Waals surface area contributed by atoms with Crippen molar-refractivity contribution in [2.45, 2.75) is 53.2 Å². The van der Waals surface area contributed by atoms with Crippen molar-refractivity contribution in [1.29, 1.82) is 0 Å². The second-order valence-corrected chi connectivity index (χ2v) is 6.04. The minimum atomic E-state index is -0.228. The van der Waals surface area contributed by atoms with Gasteiger partial charge in [0, 0.05) is 12.1 Å². The van der Waals surface area contributed by atoms with E-state index in [1.54, 1.807) is 0 Å². The molecule has 0 saturated carbocycles. The molecule has 2 rings (SSSR count). The Labute approximate surface area is 97.9 Å². The van der Waals surface area contributed by atoms with E-state index in [2.05, 4.69) is 32.6 Å². The Balaban J connectivity index is 2.40. The summed E-state index contributed by atoms with van der Waals surface area (Å²) in [7, 11) is 0. The maximum absolute atomic E-state index is 9.75. The molecule has 2 aliphatic rings. The van der Waals surface area contributed by atoms with Crippen molar-refractivity contribution in [3.8, 4) is 0 Å².